The maximum absolute atomic E-state index is 11.3. The van der Waals surface area contributed by atoms with Crippen molar-refractivity contribution in [3.8, 4) is 0 Å². The van der Waals surface area contributed by atoms with Gasteiger partial charge in [-0.1, -0.05) is 0 Å². The van der Waals surface area contributed by atoms with Crippen LogP contribution >= 0.6 is 0 Å². The predicted octanol–water partition coefficient (Wildman–Crippen LogP) is 1.90. The quantitative estimate of drug-likeness (QED) is 0.901. The SMILES string of the molecule is CC(C)n1cncc1CN1C2CCC1C(C(=O)O)C2. The van der Waals surface area contributed by atoms with Gasteiger partial charge in [-0.3, -0.25) is 9.69 Å². The fourth-order valence-electron chi connectivity index (χ4n) is 3.72. The molecule has 0 spiro atoms. The molecule has 3 rings (SSSR count). The second kappa shape index (κ2) is 4.63. The summed E-state index contributed by atoms with van der Waals surface area (Å²) in [5, 5.41) is 9.28. The molecule has 0 radical (unpaired) electrons. The van der Waals surface area contributed by atoms with Gasteiger partial charge < -0.3 is 9.67 Å². The molecule has 2 aliphatic rings. The van der Waals surface area contributed by atoms with Crippen LogP contribution in [0.2, 0.25) is 0 Å². The molecular formula is C14H21N3O2. The summed E-state index contributed by atoms with van der Waals surface area (Å²) in [5.41, 5.74) is 1.19. The number of carboxylic acids is 1. The second-order valence-electron chi connectivity index (χ2n) is 6.04. The van der Waals surface area contributed by atoms with E-state index in [1.165, 1.54) is 5.69 Å². The Labute approximate surface area is 113 Å². The van der Waals surface area contributed by atoms with E-state index < -0.39 is 5.97 Å². The maximum atomic E-state index is 11.3. The van der Waals surface area contributed by atoms with E-state index in [4.69, 9.17) is 0 Å². The zero-order valence-electron chi connectivity index (χ0n) is 11.5. The Bertz CT molecular complexity index is 483. The van der Waals surface area contributed by atoms with Gasteiger partial charge in [-0.15, -0.1) is 0 Å². The van der Waals surface area contributed by atoms with Crippen LogP contribution in [0.25, 0.3) is 0 Å². The fraction of sp³-hybridized carbons (Fsp3) is 0.714. The summed E-state index contributed by atoms with van der Waals surface area (Å²) in [5.74, 6) is -0.802. The summed E-state index contributed by atoms with van der Waals surface area (Å²) in [6.07, 6.45) is 6.76. The molecule has 19 heavy (non-hydrogen) atoms. The van der Waals surface area contributed by atoms with Crippen molar-refractivity contribution in [3.63, 3.8) is 0 Å². The molecule has 104 valence electrons. The first-order chi connectivity index (χ1) is 9.08. The van der Waals surface area contributed by atoms with E-state index in [1.807, 2.05) is 12.5 Å². The molecule has 1 N–H and O–H groups in total. The molecule has 3 unspecified atom stereocenters. The van der Waals surface area contributed by atoms with Crippen LogP contribution in [0.5, 0.6) is 0 Å². The van der Waals surface area contributed by atoms with E-state index in [9.17, 15) is 9.90 Å². The smallest absolute Gasteiger partial charge is 0.308 e. The summed E-state index contributed by atoms with van der Waals surface area (Å²) in [4.78, 5) is 17.9. The van der Waals surface area contributed by atoms with Crippen molar-refractivity contribution in [2.75, 3.05) is 0 Å². The molecular weight excluding hydrogens is 242 g/mol. The Morgan fingerprint density at radius 3 is 2.95 bits per heavy atom. The minimum absolute atomic E-state index is 0.172. The lowest BCUT2D eigenvalue weighted by atomic mass is 9.89. The zero-order valence-corrected chi connectivity index (χ0v) is 11.5. The van der Waals surface area contributed by atoms with Crippen LogP contribution in [0.15, 0.2) is 12.5 Å². The molecule has 2 aliphatic heterocycles. The number of aliphatic carboxylic acids is 1. The largest absolute Gasteiger partial charge is 0.481 e. The first-order valence-corrected chi connectivity index (χ1v) is 7.07. The molecule has 1 aromatic heterocycles. The number of rotatable bonds is 4. The summed E-state index contributed by atoms with van der Waals surface area (Å²) in [7, 11) is 0. The lowest BCUT2D eigenvalue weighted by Crippen LogP contribution is -2.33. The summed E-state index contributed by atoms with van der Waals surface area (Å²) in [6, 6.07) is 1.06. The maximum Gasteiger partial charge on any atom is 0.308 e. The Morgan fingerprint density at radius 2 is 2.32 bits per heavy atom. The van der Waals surface area contributed by atoms with E-state index in [0.717, 1.165) is 25.8 Å². The normalized spacial score (nSPS) is 30.4. The monoisotopic (exact) mass is 263 g/mol. The van der Waals surface area contributed by atoms with Gasteiger partial charge in [-0.05, 0) is 33.1 Å². The van der Waals surface area contributed by atoms with Gasteiger partial charge in [0.25, 0.3) is 0 Å². The molecule has 0 aromatic carbocycles. The predicted molar refractivity (Wildman–Crippen MR) is 70.7 cm³/mol. The number of nitrogens with zero attached hydrogens (tertiary/aromatic N) is 3. The van der Waals surface area contributed by atoms with Gasteiger partial charge in [-0.25, -0.2) is 4.98 Å². The highest BCUT2D eigenvalue weighted by atomic mass is 16.4. The minimum Gasteiger partial charge on any atom is -0.481 e. The molecule has 2 bridgehead atoms. The molecule has 0 amide bonds. The van der Waals surface area contributed by atoms with E-state index in [1.54, 1.807) is 0 Å². The molecule has 3 heterocycles. The average molecular weight is 263 g/mol. The molecule has 5 nitrogen and oxygen atoms in total. The third-order valence-electron chi connectivity index (χ3n) is 4.65. The highest BCUT2D eigenvalue weighted by molar-refractivity contribution is 5.71. The van der Waals surface area contributed by atoms with Crippen molar-refractivity contribution >= 4 is 5.97 Å². The van der Waals surface area contributed by atoms with Gasteiger partial charge >= 0.3 is 5.97 Å². The number of hydrogen-bond acceptors (Lipinski definition) is 3. The number of fused-ring (bicyclic) bond motifs is 2. The zero-order chi connectivity index (χ0) is 13.6. The summed E-state index contributed by atoms with van der Waals surface area (Å²) >= 11 is 0. The molecule has 2 fully saturated rings. The van der Waals surface area contributed by atoms with Crippen LogP contribution < -0.4 is 0 Å². The van der Waals surface area contributed by atoms with Crippen LogP contribution in [-0.4, -0.2) is 37.6 Å². The van der Waals surface area contributed by atoms with E-state index in [2.05, 4.69) is 28.3 Å². The van der Waals surface area contributed by atoms with Crippen molar-refractivity contribution in [2.45, 2.75) is 57.8 Å². The van der Waals surface area contributed by atoms with Crippen LogP contribution in [0.4, 0.5) is 0 Å². The number of imidazole rings is 1. The lowest BCUT2D eigenvalue weighted by molar-refractivity contribution is -0.142. The number of carbonyl (C=O) groups is 1. The van der Waals surface area contributed by atoms with Crippen molar-refractivity contribution in [1.29, 1.82) is 0 Å². The van der Waals surface area contributed by atoms with Crippen LogP contribution in [0.1, 0.15) is 44.8 Å². The standard InChI is InChI=1S/C14H21N3O2/c1-9(2)17-8-15-6-11(17)7-16-10-3-4-13(16)12(5-10)14(18)19/h6,8-10,12-13H,3-5,7H2,1-2H3,(H,18,19). The second-order valence-corrected chi connectivity index (χ2v) is 6.04. The van der Waals surface area contributed by atoms with Crippen LogP contribution in [0.3, 0.4) is 0 Å². The molecule has 0 aliphatic carbocycles. The van der Waals surface area contributed by atoms with Crippen LogP contribution in [-0.2, 0) is 11.3 Å². The molecule has 1 aromatic rings. The Hall–Kier alpha value is -1.36. The third kappa shape index (κ3) is 2.06. The fourth-order valence-corrected chi connectivity index (χ4v) is 3.72. The van der Waals surface area contributed by atoms with Crippen molar-refractivity contribution in [2.24, 2.45) is 5.92 Å². The van der Waals surface area contributed by atoms with E-state index in [-0.39, 0.29) is 12.0 Å². The number of hydrogen-bond donors (Lipinski definition) is 1. The average Bonchev–Trinajstić information content (AvgIpc) is 3.04. The summed E-state index contributed by atoms with van der Waals surface area (Å²) in [6.45, 7) is 5.12. The molecule has 0 saturated carbocycles. The third-order valence-corrected chi connectivity index (χ3v) is 4.65. The van der Waals surface area contributed by atoms with Gasteiger partial charge in [0.05, 0.1) is 17.9 Å². The Morgan fingerprint density at radius 1 is 1.53 bits per heavy atom. The van der Waals surface area contributed by atoms with Gasteiger partial charge in [0.2, 0.25) is 0 Å². The topological polar surface area (TPSA) is 58.4 Å². The van der Waals surface area contributed by atoms with E-state index >= 15 is 0 Å². The number of aromatic nitrogens is 2. The molecule has 5 heteroatoms. The highest BCUT2D eigenvalue weighted by Crippen LogP contribution is 2.42. The first-order valence-electron chi connectivity index (χ1n) is 7.07. The Kier molecular flexibility index (Phi) is 3.09. The van der Waals surface area contributed by atoms with Gasteiger partial charge in [0, 0.05) is 30.9 Å². The molecule has 2 saturated heterocycles. The van der Waals surface area contributed by atoms with Crippen molar-refractivity contribution in [1.82, 2.24) is 14.5 Å². The van der Waals surface area contributed by atoms with Crippen LogP contribution in [0, 0.1) is 5.92 Å². The van der Waals surface area contributed by atoms with Crippen molar-refractivity contribution < 1.29 is 9.90 Å². The number of carboxylic acid groups (broad SMARTS) is 1. The van der Waals surface area contributed by atoms with Gasteiger partial charge in [0.15, 0.2) is 0 Å². The molecule has 3 atom stereocenters. The Balaban J connectivity index is 1.77. The highest BCUT2D eigenvalue weighted by Gasteiger charge is 2.49. The minimum atomic E-state index is -0.630. The first kappa shape index (κ1) is 12.7. The van der Waals surface area contributed by atoms with Gasteiger partial charge in [-0.2, -0.15) is 0 Å². The van der Waals surface area contributed by atoms with Gasteiger partial charge in [0.1, 0.15) is 0 Å². The van der Waals surface area contributed by atoms with E-state index in [0.29, 0.717) is 12.1 Å². The van der Waals surface area contributed by atoms with Crippen molar-refractivity contribution in [3.05, 3.63) is 18.2 Å². The summed E-state index contributed by atoms with van der Waals surface area (Å²) < 4.78 is 2.17. The lowest BCUT2D eigenvalue weighted by Gasteiger charge is -2.24.